The predicted molar refractivity (Wildman–Crippen MR) is 77.8 cm³/mol. The zero-order valence-corrected chi connectivity index (χ0v) is 11.9. The van der Waals surface area contributed by atoms with Crippen molar-refractivity contribution in [1.29, 1.82) is 0 Å². The van der Waals surface area contributed by atoms with Crippen LogP contribution in [0.25, 0.3) is 0 Å². The smallest absolute Gasteiger partial charge is 0.251 e. The molecule has 0 saturated heterocycles. The van der Waals surface area contributed by atoms with Gasteiger partial charge in [0.25, 0.3) is 5.91 Å². The molecule has 1 amide bonds. The average molecular weight is 311 g/mol. The van der Waals surface area contributed by atoms with Gasteiger partial charge in [0.15, 0.2) is 0 Å². The highest BCUT2D eigenvalue weighted by molar-refractivity contribution is 6.33. The fraction of sp³-hybridized carbons (Fsp3) is 0.143. The maximum atomic E-state index is 12.0. The number of amides is 1. The average Bonchev–Trinajstić information content (AvgIpc) is 2.44. The number of nitrogens with zero attached hydrogens (tertiary/aromatic N) is 1. The second-order valence-electron chi connectivity index (χ2n) is 4.11. The van der Waals surface area contributed by atoms with E-state index in [-0.39, 0.29) is 22.8 Å². The molecule has 0 aliphatic rings. The van der Waals surface area contributed by atoms with E-state index in [2.05, 4.69) is 10.3 Å². The van der Waals surface area contributed by atoms with Crippen molar-refractivity contribution in [3.05, 3.63) is 63.4 Å². The molecule has 0 bridgehead atoms. The number of nitrogens with one attached hydrogen (secondary N) is 1. The Morgan fingerprint density at radius 1 is 1.15 bits per heavy atom. The van der Waals surface area contributed by atoms with Crippen LogP contribution in [0.5, 0.6) is 0 Å². The van der Waals surface area contributed by atoms with E-state index in [1.807, 2.05) is 24.3 Å². The first-order valence-corrected chi connectivity index (χ1v) is 6.64. The van der Waals surface area contributed by atoms with Gasteiger partial charge in [-0.3, -0.25) is 4.79 Å². The lowest BCUT2D eigenvalue weighted by molar-refractivity contribution is 0.0950. The number of hydrogen-bond donors (Lipinski definition) is 2. The van der Waals surface area contributed by atoms with Gasteiger partial charge in [0, 0.05) is 12.1 Å². The van der Waals surface area contributed by atoms with Gasteiger partial charge < -0.3 is 10.4 Å². The molecule has 2 rings (SSSR count). The van der Waals surface area contributed by atoms with Gasteiger partial charge in [0.05, 0.1) is 6.61 Å². The van der Waals surface area contributed by atoms with E-state index in [1.54, 1.807) is 0 Å². The van der Waals surface area contributed by atoms with Gasteiger partial charge in [-0.05, 0) is 23.3 Å². The topological polar surface area (TPSA) is 62.2 Å². The van der Waals surface area contributed by atoms with Gasteiger partial charge in [-0.1, -0.05) is 47.5 Å². The zero-order chi connectivity index (χ0) is 14.5. The minimum absolute atomic E-state index is 0.0705. The highest BCUT2D eigenvalue weighted by Crippen LogP contribution is 2.15. The van der Waals surface area contributed by atoms with Crippen LogP contribution in [0.2, 0.25) is 10.3 Å². The Morgan fingerprint density at radius 3 is 2.35 bits per heavy atom. The Labute approximate surface area is 126 Å². The molecule has 2 aromatic rings. The number of hydrogen-bond acceptors (Lipinski definition) is 3. The van der Waals surface area contributed by atoms with E-state index in [1.165, 1.54) is 12.1 Å². The number of carbonyl (C=O) groups is 1. The van der Waals surface area contributed by atoms with E-state index in [4.69, 9.17) is 23.2 Å². The number of rotatable bonds is 4. The fourth-order valence-electron chi connectivity index (χ4n) is 1.76. The van der Waals surface area contributed by atoms with Crippen LogP contribution < -0.4 is 5.32 Å². The van der Waals surface area contributed by atoms with Gasteiger partial charge in [-0.25, -0.2) is 4.98 Å². The summed E-state index contributed by atoms with van der Waals surface area (Å²) in [6.07, 6.45) is 0. The summed E-state index contributed by atoms with van der Waals surface area (Å²) >= 11 is 11.5. The maximum Gasteiger partial charge on any atom is 0.251 e. The molecule has 2 N–H and O–H groups in total. The summed E-state index contributed by atoms with van der Waals surface area (Å²) in [7, 11) is 0. The van der Waals surface area contributed by atoms with Crippen molar-refractivity contribution in [3.63, 3.8) is 0 Å². The highest BCUT2D eigenvalue weighted by atomic mass is 35.5. The lowest BCUT2D eigenvalue weighted by atomic mass is 10.1. The molecule has 1 aromatic heterocycles. The van der Waals surface area contributed by atoms with Crippen molar-refractivity contribution in [2.45, 2.75) is 13.2 Å². The van der Waals surface area contributed by atoms with Crippen LogP contribution in [-0.4, -0.2) is 16.0 Å². The summed E-state index contributed by atoms with van der Waals surface area (Å²) in [5.41, 5.74) is 1.98. The molecule has 6 heteroatoms. The third-order valence-corrected chi connectivity index (χ3v) is 3.14. The molecular formula is C14H12Cl2N2O2. The molecule has 0 aliphatic heterocycles. The van der Waals surface area contributed by atoms with Crippen molar-refractivity contribution < 1.29 is 9.90 Å². The summed E-state index contributed by atoms with van der Waals surface area (Å²) in [6, 6.07) is 10.2. The van der Waals surface area contributed by atoms with E-state index < -0.39 is 0 Å². The molecule has 1 heterocycles. The van der Waals surface area contributed by atoms with Crippen LogP contribution >= 0.6 is 23.2 Å². The Kier molecular flexibility index (Phi) is 4.95. The molecule has 0 radical (unpaired) electrons. The minimum Gasteiger partial charge on any atom is -0.392 e. The number of aliphatic hydroxyl groups is 1. The van der Waals surface area contributed by atoms with E-state index in [0.717, 1.165) is 11.1 Å². The van der Waals surface area contributed by atoms with Gasteiger partial charge in [-0.2, -0.15) is 0 Å². The lowest BCUT2D eigenvalue weighted by Gasteiger charge is -2.09. The number of aromatic nitrogens is 1. The first-order chi connectivity index (χ1) is 9.60. The number of carbonyl (C=O) groups excluding carboxylic acids is 1. The van der Waals surface area contributed by atoms with Crippen LogP contribution in [0.4, 0.5) is 0 Å². The third-order valence-electron chi connectivity index (χ3n) is 2.75. The summed E-state index contributed by atoms with van der Waals surface area (Å²) < 4.78 is 0. The zero-order valence-electron chi connectivity index (χ0n) is 10.4. The monoisotopic (exact) mass is 310 g/mol. The number of benzene rings is 1. The summed E-state index contributed by atoms with van der Waals surface area (Å²) in [4.78, 5) is 15.8. The second-order valence-corrected chi connectivity index (χ2v) is 4.89. The first kappa shape index (κ1) is 14.8. The van der Waals surface area contributed by atoms with Gasteiger partial charge in [0.2, 0.25) is 0 Å². The van der Waals surface area contributed by atoms with Crippen LogP contribution in [0.3, 0.4) is 0 Å². The minimum atomic E-state index is -0.302. The molecule has 0 aliphatic carbocycles. The molecule has 0 unspecified atom stereocenters. The second kappa shape index (κ2) is 6.70. The summed E-state index contributed by atoms with van der Waals surface area (Å²) in [5, 5.41) is 12.3. The Hall–Kier alpha value is -1.62. The quantitative estimate of drug-likeness (QED) is 0.854. The van der Waals surface area contributed by atoms with E-state index in [9.17, 15) is 9.90 Å². The molecule has 104 valence electrons. The van der Waals surface area contributed by atoms with E-state index in [0.29, 0.717) is 12.1 Å². The Morgan fingerprint density at radius 2 is 1.75 bits per heavy atom. The molecule has 20 heavy (non-hydrogen) atoms. The maximum absolute atomic E-state index is 12.0. The van der Waals surface area contributed by atoms with Crippen LogP contribution in [0, 0.1) is 0 Å². The molecule has 0 atom stereocenters. The van der Waals surface area contributed by atoms with Crippen LogP contribution in [0.1, 0.15) is 21.5 Å². The molecule has 0 saturated carbocycles. The largest absolute Gasteiger partial charge is 0.392 e. The first-order valence-electron chi connectivity index (χ1n) is 5.89. The van der Waals surface area contributed by atoms with Crippen molar-refractivity contribution in [2.24, 2.45) is 0 Å². The SMILES string of the molecule is O=C(NCc1ccccc1CO)c1cc(Cl)nc(Cl)c1. The van der Waals surface area contributed by atoms with Crippen molar-refractivity contribution >= 4 is 29.1 Å². The summed E-state index contributed by atoms with van der Waals surface area (Å²) in [6.45, 7) is 0.242. The van der Waals surface area contributed by atoms with Crippen molar-refractivity contribution in [3.8, 4) is 0 Å². The predicted octanol–water partition coefficient (Wildman–Crippen LogP) is 2.81. The highest BCUT2D eigenvalue weighted by Gasteiger charge is 2.09. The van der Waals surface area contributed by atoms with Gasteiger partial charge in [-0.15, -0.1) is 0 Å². The van der Waals surface area contributed by atoms with Crippen LogP contribution in [0.15, 0.2) is 36.4 Å². The Balaban J connectivity index is 2.08. The number of pyridine rings is 1. The normalized spacial score (nSPS) is 10.3. The molecular weight excluding hydrogens is 299 g/mol. The van der Waals surface area contributed by atoms with Gasteiger partial charge in [0.1, 0.15) is 10.3 Å². The van der Waals surface area contributed by atoms with Crippen LogP contribution in [-0.2, 0) is 13.2 Å². The molecule has 0 fully saturated rings. The van der Waals surface area contributed by atoms with Gasteiger partial charge >= 0.3 is 0 Å². The number of halogens is 2. The van der Waals surface area contributed by atoms with Crippen molar-refractivity contribution in [2.75, 3.05) is 0 Å². The molecule has 1 aromatic carbocycles. The van der Waals surface area contributed by atoms with E-state index >= 15 is 0 Å². The Bertz CT molecular complexity index is 612. The number of aliphatic hydroxyl groups excluding tert-OH is 1. The molecule has 4 nitrogen and oxygen atoms in total. The lowest BCUT2D eigenvalue weighted by Crippen LogP contribution is -2.23. The third kappa shape index (κ3) is 3.70. The standard InChI is InChI=1S/C14H12Cl2N2O2/c15-12-5-11(6-13(16)18-12)14(20)17-7-9-3-1-2-4-10(9)8-19/h1-6,19H,7-8H2,(H,17,20). The molecule has 0 spiro atoms. The fourth-order valence-corrected chi connectivity index (χ4v) is 2.22. The summed E-state index contributed by atoms with van der Waals surface area (Å²) in [5.74, 6) is -0.302. The van der Waals surface area contributed by atoms with Crippen molar-refractivity contribution in [1.82, 2.24) is 10.3 Å².